The highest BCUT2D eigenvalue weighted by atomic mass is 19.1. The third kappa shape index (κ3) is 4.36. The molecule has 4 fully saturated rings. The van der Waals surface area contributed by atoms with Gasteiger partial charge >= 0.3 is 0 Å². The van der Waals surface area contributed by atoms with Crippen molar-refractivity contribution < 1.29 is 4.39 Å². The van der Waals surface area contributed by atoms with E-state index in [2.05, 4.69) is 34.3 Å². The zero-order chi connectivity index (χ0) is 21.2. The van der Waals surface area contributed by atoms with Crippen molar-refractivity contribution in [2.75, 3.05) is 6.67 Å². The van der Waals surface area contributed by atoms with Crippen LogP contribution in [0.2, 0.25) is 0 Å². The van der Waals surface area contributed by atoms with Gasteiger partial charge < -0.3 is 0 Å². The lowest BCUT2D eigenvalue weighted by Crippen LogP contribution is -2.53. The maximum absolute atomic E-state index is 10.3. The average molecular weight is 405 g/mol. The van der Waals surface area contributed by atoms with Gasteiger partial charge in [-0.15, -0.1) is 6.58 Å². The van der Waals surface area contributed by atoms with E-state index in [9.17, 15) is 4.39 Å². The maximum atomic E-state index is 10.3. The first-order valence-corrected chi connectivity index (χ1v) is 13.0. The predicted molar refractivity (Wildman–Crippen MR) is 125 cm³/mol. The van der Waals surface area contributed by atoms with Gasteiger partial charge in [0.2, 0.25) is 0 Å². The first-order valence-electron chi connectivity index (χ1n) is 13.0. The minimum atomic E-state index is -0.250. The molecule has 0 aliphatic heterocycles. The number of allylic oxidation sites excluding steroid dienone is 1. The first kappa shape index (κ1) is 23.3. The van der Waals surface area contributed by atoms with Gasteiger partial charge in [-0.25, -0.2) is 0 Å². The molecule has 4 aliphatic carbocycles. The van der Waals surface area contributed by atoms with Gasteiger partial charge in [0.05, 0.1) is 6.67 Å². The molecule has 4 rings (SSSR count). The highest BCUT2D eigenvalue weighted by molar-refractivity contribution is 5.09. The van der Waals surface area contributed by atoms with E-state index >= 15 is 0 Å². The van der Waals surface area contributed by atoms with Gasteiger partial charge in [-0.2, -0.15) is 0 Å². The molecule has 4 saturated carbocycles. The van der Waals surface area contributed by atoms with Gasteiger partial charge in [-0.1, -0.05) is 39.2 Å². The fraction of sp³-hybridized carbons (Fsp3) is 0.929. The Hall–Kier alpha value is -0.330. The number of rotatable bonds is 4. The van der Waals surface area contributed by atoms with E-state index in [-0.39, 0.29) is 6.67 Å². The van der Waals surface area contributed by atoms with Crippen LogP contribution in [-0.4, -0.2) is 6.67 Å². The van der Waals surface area contributed by atoms with Crippen molar-refractivity contribution in [3.63, 3.8) is 0 Å². The minimum absolute atomic E-state index is 0.250. The van der Waals surface area contributed by atoms with E-state index in [1.807, 2.05) is 0 Å². The van der Waals surface area contributed by atoms with Gasteiger partial charge in [-0.05, 0) is 124 Å². The van der Waals surface area contributed by atoms with Crippen LogP contribution in [0.15, 0.2) is 12.2 Å². The van der Waals surface area contributed by atoms with Crippen LogP contribution in [0.4, 0.5) is 4.39 Å². The van der Waals surface area contributed by atoms with Crippen molar-refractivity contribution in [3.05, 3.63) is 12.2 Å². The molecule has 8 atom stereocenters. The van der Waals surface area contributed by atoms with Crippen LogP contribution in [0.5, 0.6) is 0 Å². The van der Waals surface area contributed by atoms with Gasteiger partial charge in [0.25, 0.3) is 0 Å². The standard InChI is InChI=1S/C26H44.C2H5F/c1-18(2)9-10-19(3)22-13-14-23-21-12-11-20-8-6-7-16-25(20,4)24(21)15-17-26(22,23)5;1-2-3/h19-24H,1,6-17H2,2-5H3;2H2,1H3/t19-,20?,21?,22?,23?,24?,25?,26?;/m1./s1. The zero-order valence-electron chi connectivity index (χ0n) is 20.2. The van der Waals surface area contributed by atoms with Gasteiger partial charge in [0.15, 0.2) is 0 Å². The van der Waals surface area contributed by atoms with Crippen molar-refractivity contribution in [2.24, 2.45) is 46.3 Å². The smallest absolute Gasteiger partial charge is 0.0866 e. The van der Waals surface area contributed by atoms with Gasteiger partial charge in [0.1, 0.15) is 0 Å². The Balaban J connectivity index is 0.000000755. The van der Waals surface area contributed by atoms with Crippen LogP contribution >= 0.6 is 0 Å². The molecule has 168 valence electrons. The SMILES string of the molecule is C=C(C)CC[C@@H](C)C1CCC2C3CCC4CCCCC4(C)C3CCC21C.CCF. The van der Waals surface area contributed by atoms with E-state index in [1.54, 1.807) is 38.5 Å². The minimum Gasteiger partial charge on any atom is -0.251 e. The largest absolute Gasteiger partial charge is 0.251 e. The summed E-state index contributed by atoms with van der Waals surface area (Å²) in [5.74, 6) is 6.09. The Morgan fingerprint density at radius 3 is 2.34 bits per heavy atom. The molecule has 29 heavy (non-hydrogen) atoms. The van der Waals surface area contributed by atoms with Crippen molar-refractivity contribution >= 4 is 0 Å². The monoisotopic (exact) mass is 404 g/mol. The fourth-order valence-corrected chi connectivity index (χ4v) is 8.95. The number of fused-ring (bicyclic) bond motifs is 5. The molecular weight excluding hydrogens is 355 g/mol. The summed E-state index contributed by atoms with van der Waals surface area (Å²) in [6, 6.07) is 0. The second kappa shape index (κ2) is 9.44. The topological polar surface area (TPSA) is 0 Å². The second-order valence-electron chi connectivity index (χ2n) is 11.9. The molecule has 7 unspecified atom stereocenters. The first-order chi connectivity index (χ1) is 13.8. The van der Waals surface area contributed by atoms with Crippen LogP contribution in [0.25, 0.3) is 0 Å². The fourth-order valence-electron chi connectivity index (χ4n) is 8.95. The molecule has 0 saturated heterocycles. The molecule has 0 amide bonds. The number of alkyl halides is 1. The summed E-state index contributed by atoms with van der Waals surface area (Å²) < 4.78 is 10.3. The Bertz CT molecular complexity index is 553. The molecule has 0 heterocycles. The van der Waals surface area contributed by atoms with E-state index in [0.29, 0.717) is 10.8 Å². The second-order valence-corrected chi connectivity index (χ2v) is 11.9. The van der Waals surface area contributed by atoms with Crippen molar-refractivity contribution in [1.82, 2.24) is 0 Å². The molecule has 0 spiro atoms. The van der Waals surface area contributed by atoms with Crippen LogP contribution in [0, 0.1) is 46.3 Å². The van der Waals surface area contributed by atoms with Crippen LogP contribution in [0.1, 0.15) is 112 Å². The van der Waals surface area contributed by atoms with E-state index in [0.717, 1.165) is 35.5 Å². The van der Waals surface area contributed by atoms with E-state index in [4.69, 9.17) is 0 Å². The molecule has 0 radical (unpaired) electrons. The van der Waals surface area contributed by atoms with E-state index in [1.165, 1.54) is 51.0 Å². The third-order valence-corrected chi connectivity index (χ3v) is 10.4. The van der Waals surface area contributed by atoms with Crippen LogP contribution in [-0.2, 0) is 0 Å². The number of hydrogen-bond donors (Lipinski definition) is 0. The molecule has 0 aromatic carbocycles. The lowest BCUT2D eigenvalue weighted by molar-refractivity contribution is -0.114. The summed E-state index contributed by atoms with van der Waals surface area (Å²) in [5, 5.41) is 0. The van der Waals surface area contributed by atoms with E-state index < -0.39 is 0 Å². The Kier molecular flexibility index (Phi) is 7.59. The quantitative estimate of drug-likeness (QED) is 0.410. The Morgan fingerprint density at radius 2 is 1.66 bits per heavy atom. The zero-order valence-corrected chi connectivity index (χ0v) is 20.2. The van der Waals surface area contributed by atoms with Crippen molar-refractivity contribution in [2.45, 2.75) is 112 Å². The maximum Gasteiger partial charge on any atom is 0.0866 e. The summed E-state index contributed by atoms with van der Waals surface area (Å²) >= 11 is 0. The molecule has 0 bridgehead atoms. The summed E-state index contributed by atoms with van der Waals surface area (Å²) in [7, 11) is 0. The molecule has 0 aromatic rings. The molecule has 0 N–H and O–H groups in total. The Morgan fingerprint density at radius 1 is 0.966 bits per heavy atom. The molecule has 0 nitrogen and oxygen atoms in total. The highest BCUT2D eigenvalue weighted by Gasteiger charge is 2.59. The Labute approximate surface area is 181 Å². The van der Waals surface area contributed by atoms with Crippen LogP contribution in [0.3, 0.4) is 0 Å². The molecule has 0 aromatic heterocycles. The van der Waals surface area contributed by atoms with Crippen LogP contribution < -0.4 is 0 Å². The molecule has 4 aliphatic rings. The number of hydrogen-bond acceptors (Lipinski definition) is 0. The van der Waals surface area contributed by atoms with Crippen molar-refractivity contribution in [1.29, 1.82) is 0 Å². The molecular formula is C28H49F. The van der Waals surface area contributed by atoms with Crippen molar-refractivity contribution in [3.8, 4) is 0 Å². The lowest BCUT2D eigenvalue weighted by Gasteiger charge is -2.61. The highest BCUT2D eigenvalue weighted by Crippen LogP contribution is 2.68. The summed E-state index contributed by atoms with van der Waals surface area (Å²) in [6.07, 6.45) is 18.0. The average Bonchev–Trinajstić information content (AvgIpc) is 3.03. The summed E-state index contributed by atoms with van der Waals surface area (Å²) in [5.41, 5.74) is 2.73. The predicted octanol–water partition coefficient (Wildman–Crippen LogP) is 9.00. The normalized spacial score (nSPS) is 44.6. The summed E-state index contributed by atoms with van der Waals surface area (Å²) in [6.45, 7) is 15.6. The molecule has 1 heteroatoms. The van der Waals surface area contributed by atoms with Gasteiger partial charge in [0, 0.05) is 0 Å². The number of halogens is 1. The summed E-state index contributed by atoms with van der Waals surface area (Å²) in [4.78, 5) is 0. The third-order valence-electron chi connectivity index (χ3n) is 10.4. The lowest BCUT2D eigenvalue weighted by atomic mass is 9.44. The van der Waals surface area contributed by atoms with Gasteiger partial charge in [-0.3, -0.25) is 4.39 Å².